The number of hydrogen-bond donors (Lipinski definition) is 2. The average Bonchev–Trinajstić information content (AvgIpc) is 2.64. The molecule has 90 valence electrons. The lowest BCUT2D eigenvalue weighted by Crippen LogP contribution is -2.17. The fourth-order valence-corrected chi connectivity index (χ4v) is 1.40. The van der Waals surface area contributed by atoms with Crippen LogP contribution in [0.2, 0.25) is 0 Å². The van der Waals surface area contributed by atoms with Crippen molar-refractivity contribution in [1.82, 2.24) is 4.98 Å². The highest BCUT2D eigenvalue weighted by atomic mass is 16.5. The second kappa shape index (κ2) is 4.70. The molecule has 0 aromatic carbocycles. The molecule has 16 heavy (non-hydrogen) atoms. The minimum atomic E-state index is -0.605. The Hall–Kier alpha value is -1.29. The van der Waals surface area contributed by atoms with Gasteiger partial charge in [0.15, 0.2) is 0 Å². The molecule has 0 radical (unpaired) electrons. The highest BCUT2D eigenvalue weighted by molar-refractivity contribution is 5.87. The quantitative estimate of drug-likeness (QED) is 0.776. The van der Waals surface area contributed by atoms with E-state index in [2.05, 4.69) is 4.98 Å². The first-order chi connectivity index (χ1) is 7.36. The van der Waals surface area contributed by atoms with E-state index < -0.39 is 12.1 Å². The van der Waals surface area contributed by atoms with Gasteiger partial charge in [-0.2, -0.15) is 0 Å². The van der Waals surface area contributed by atoms with E-state index in [1.807, 2.05) is 20.8 Å². The summed E-state index contributed by atoms with van der Waals surface area (Å²) in [5, 5.41) is 10.0. The van der Waals surface area contributed by atoms with Crippen molar-refractivity contribution in [3.63, 3.8) is 0 Å². The number of esters is 1. The Balaban J connectivity index is 2.83. The molecule has 1 aromatic heterocycles. The van der Waals surface area contributed by atoms with Gasteiger partial charge in [0, 0.05) is 6.20 Å². The van der Waals surface area contributed by atoms with Gasteiger partial charge in [-0.05, 0) is 24.0 Å². The van der Waals surface area contributed by atoms with Crippen molar-refractivity contribution in [1.29, 1.82) is 0 Å². The zero-order chi connectivity index (χ0) is 12.3. The predicted molar refractivity (Wildman–Crippen MR) is 61.2 cm³/mol. The molecule has 1 rings (SSSR count). The second-order valence-corrected chi connectivity index (χ2v) is 4.84. The van der Waals surface area contributed by atoms with Crippen molar-refractivity contribution in [2.24, 2.45) is 5.41 Å². The summed E-state index contributed by atoms with van der Waals surface area (Å²) in [7, 11) is 0. The predicted octanol–water partition coefficient (Wildman–Crippen LogP) is 2.27. The smallest absolute Gasteiger partial charge is 0.354 e. The first-order valence-corrected chi connectivity index (χ1v) is 5.39. The van der Waals surface area contributed by atoms with Gasteiger partial charge in [0.2, 0.25) is 0 Å². The molecular weight excluding hydrogens is 206 g/mol. The summed E-state index contributed by atoms with van der Waals surface area (Å²) in [6.07, 6.45) is 1.04. The van der Waals surface area contributed by atoms with Crippen molar-refractivity contribution in [2.45, 2.75) is 33.8 Å². The Labute approximate surface area is 95.6 Å². The summed E-state index contributed by atoms with van der Waals surface area (Å²) in [6.45, 7) is 7.92. The molecule has 0 spiro atoms. The van der Waals surface area contributed by atoms with E-state index in [-0.39, 0.29) is 5.41 Å². The van der Waals surface area contributed by atoms with Crippen LogP contribution in [0.1, 0.15) is 49.9 Å². The molecule has 0 amide bonds. The van der Waals surface area contributed by atoms with Crippen LogP contribution in [0.4, 0.5) is 0 Å². The van der Waals surface area contributed by atoms with Crippen molar-refractivity contribution in [2.75, 3.05) is 6.61 Å². The van der Waals surface area contributed by atoms with Crippen LogP contribution in [-0.2, 0) is 4.74 Å². The van der Waals surface area contributed by atoms with Crippen LogP contribution in [0, 0.1) is 5.41 Å². The Morgan fingerprint density at radius 3 is 2.69 bits per heavy atom. The Morgan fingerprint density at radius 1 is 1.56 bits per heavy atom. The molecule has 1 aromatic rings. The summed E-state index contributed by atoms with van der Waals surface area (Å²) in [4.78, 5) is 14.2. The van der Waals surface area contributed by atoms with Gasteiger partial charge in [0.05, 0.1) is 12.7 Å². The lowest BCUT2D eigenvalue weighted by Gasteiger charge is -2.24. The lowest BCUT2D eigenvalue weighted by molar-refractivity contribution is 0.0519. The number of aromatic nitrogens is 1. The van der Waals surface area contributed by atoms with Crippen LogP contribution in [0.5, 0.6) is 0 Å². The molecule has 4 nitrogen and oxygen atoms in total. The van der Waals surface area contributed by atoms with Crippen LogP contribution in [0.3, 0.4) is 0 Å². The third kappa shape index (κ3) is 2.85. The number of aliphatic hydroxyl groups is 1. The molecule has 1 unspecified atom stereocenters. The van der Waals surface area contributed by atoms with Gasteiger partial charge < -0.3 is 14.8 Å². The maximum Gasteiger partial charge on any atom is 0.354 e. The van der Waals surface area contributed by atoms with Gasteiger partial charge in [-0.15, -0.1) is 0 Å². The summed E-state index contributed by atoms with van der Waals surface area (Å²) in [6, 6.07) is 1.63. The van der Waals surface area contributed by atoms with Crippen molar-refractivity contribution >= 4 is 5.97 Å². The van der Waals surface area contributed by atoms with Gasteiger partial charge in [-0.1, -0.05) is 20.8 Å². The third-order valence-corrected chi connectivity index (χ3v) is 2.34. The van der Waals surface area contributed by atoms with Crippen LogP contribution < -0.4 is 0 Å². The highest BCUT2D eigenvalue weighted by Gasteiger charge is 2.25. The second-order valence-electron chi connectivity index (χ2n) is 4.84. The minimum Gasteiger partial charge on any atom is -0.461 e. The van der Waals surface area contributed by atoms with Gasteiger partial charge in [-0.25, -0.2) is 4.79 Å². The first-order valence-electron chi connectivity index (χ1n) is 5.39. The molecular formula is C12H19NO3. The molecule has 0 saturated heterocycles. The normalized spacial score (nSPS) is 13.6. The van der Waals surface area contributed by atoms with Crippen LogP contribution >= 0.6 is 0 Å². The van der Waals surface area contributed by atoms with Crippen LogP contribution in [0.25, 0.3) is 0 Å². The van der Waals surface area contributed by atoms with Crippen LogP contribution in [0.15, 0.2) is 12.3 Å². The molecule has 0 saturated carbocycles. The van der Waals surface area contributed by atoms with E-state index in [1.165, 1.54) is 0 Å². The number of nitrogens with one attached hydrogen (secondary N) is 1. The number of aromatic amines is 1. The van der Waals surface area contributed by atoms with Gasteiger partial charge in [0.25, 0.3) is 0 Å². The summed E-state index contributed by atoms with van der Waals surface area (Å²) < 4.78 is 4.85. The largest absolute Gasteiger partial charge is 0.461 e. The van der Waals surface area contributed by atoms with E-state index in [0.29, 0.717) is 17.9 Å². The fraction of sp³-hybridized carbons (Fsp3) is 0.583. The average molecular weight is 225 g/mol. The SMILES string of the molecule is CCOC(=O)c1cc(C(O)C(C)(C)C)c[nH]1. The molecule has 2 N–H and O–H groups in total. The molecule has 0 aliphatic carbocycles. The van der Waals surface area contributed by atoms with E-state index >= 15 is 0 Å². The Kier molecular flexibility index (Phi) is 3.75. The number of aliphatic hydroxyl groups excluding tert-OH is 1. The van der Waals surface area contributed by atoms with Gasteiger partial charge >= 0.3 is 5.97 Å². The maximum absolute atomic E-state index is 11.4. The van der Waals surface area contributed by atoms with E-state index in [9.17, 15) is 9.90 Å². The number of H-pyrrole nitrogens is 1. The molecule has 0 aliphatic heterocycles. The van der Waals surface area contributed by atoms with E-state index in [1.54, 1.807) is 19.2 Å². The Morgan fingerprint density at radius 2 is 2.19 bits per heavy atom. The molecule has 0 bridgehead atoms. The summed E-state index contributed by atoms with van der Waals surface area (Å²) in [5.74, 6) is -0.394. The zero-order valence-electron chi connectivity index (χ0n) is 10.2. The number of carbonyl (C=O) groups excluding carboxylic acids is 1. The maximum atomic E-state index is 11.4. The first kappa shape index (κ1) is 12.8. The number of hydrogen-bond acceptors (Lipinski definition) is 3. The van der Waals surface area contributed by atoms with Crippen molar-refractivity contribution in [3.05, 3.63) is 23.5 Å². The lowest BCUT2D eigenvalue weighted by atomic mass is 9.86. The summed E-state index contributed by atoms with van der Waals surface area (Å²) >= 11 is 0. The van der Waals surface area contributed by atoms with Crippen molar-refractivity contribution < 1.29 is 14.6 Å². The third-order valence-electron chi connectivity index (χ3n) is 2.34. The highest BCUT2D eigenvalue weighted by Crippen LogP contribution is 2.32. The molecule has 1 heterocycles. The number of ether oxygens (including phenoxy) is 1. The number of carbonyl (C=O) groups is 1. The zero-order valence-corrected chi connectivity index (χ0v) is 10.2. The molecule has 4 heteroatoms. The Bertz CT molecular complexity index is 363. The van der Waals surface area contributed by atoms with Crippen LogP contribution in [-0.4, -0.2) is 22.7 Å². The standard InChI is InChI=1S/C12H19NO3/c1-5-16-11(15)9-6-8(7-13-9)10(14)12(2,3)4/h6-7,10,13-14H,5H2,1-4H3. The molecule has 1 atom stereocenters. The van der Waals surface area contributed by atoms with Crippen molar-refractivity contribution in [3.8, 4) is 0 Å². The fourth-order valence-electron chi connectivity index (χ4n) is 1.40. The topological polar surface area (TPSA) is 62.3 Å². The monoisotopic (exact) mass is 225 g/mol. The molecule has 0 fully saturated rings. The van der Waals surface area contributed by atoms with E-state index in [0.717, 1.165) is 0 Å². The van der Waals surface area contributed by atoms with Gasteiger partial charge in [-0.3, -0.25) is 0 Å². The molecule has 0 aliphatic rings. The summed E-state index contributed by atoms with van der Waals surface area (Å²) in [5.41, 5.74) is 0.824. The van der Waals surface area contributed by atoms with E-state index in [4.69, 9.17) is 4.74 Å². The number of rotatable bonds is 3. The minimum absolute atomic E-state index is 0.256. The van der Waals surface area contributed by atoms with Gasteiger partial charge in [0.1, 0.15) is 5.69 Å².